The number of benzene rings is 1. The normalized spacial score (nSPS) is 36.0. The van der Waals surface area contributed by atoms with Gasteiger partial charge in [0.25, 0.3) is 11.8 Å². The highest BCUT2D eigenvalue weighted by Crippen LogP contribution is 2.69. The molecule has 4 aliphatic carbocycles. The van der Waals surface area contributed by atoms with E-state index >= 15 is 0 Å². The molecule has 4 saturated carbocycles. The van der Waals surface area contributed by atoms with Crippen LogP contribution in [0.1, 0.15) is 59.2 Å². The molecule has 0 spiro atoms. The largest absolute Gasteiger partial charge is 0.394 e. The Morgan fingerprint density at radius 1 is 1.00 bits per heavy atom. The SMILES string of the molecule is O=C1c2ccccc2C(=O)N1OC(=O)C12CC3CC(C1)CC(C(F)(F)F)(C3)C2. The molecule has 1 heterocycles. The minimum absolute atomic E-state index is 0.0506. The van der Waals surface area contributed by atoms with Crippen LogP contribution in [0.2, 0.25) is 0 Å². The van der Waals surface area contributed by atoms with Crippen LogP contribution in [0.15, 0.2) is 24.3 Å². The summed E-state index contributed by atoms with van der Waals surface area (Å²) in [4.78, 5) is 43.1. The third-order valence-electron chi connectivity index (χ3n) is 7.03. The molecular formula is C20H18F3NO4. The standard InChI is InChI=1S/C20H18F3NO4/c21-20(22,23)19-8-11-5-12(9-19)7-18(6-11,10-19)17(27)28-24-15(25)13-3-1-2-4-14(13)16(24)26/h1-4,11-12H,5-10H2. The maximum Gasteiger partial charge on any atom is 0.394 e. The second-order valence-electron chi connectivity index (χ2n) is 8.85. The molecule has 28 heavy (non-hydrogen) atoms. The van der Waals surface area contributed by atoms with Crippen molar-refractivity contribution in [2.75, 3.05) is 0 Å². The highest BCUT2D eigenvalue weighted by Gasteiger charge is 2.69. The van der Waals surface area contributed by atoms with Gasteiger partial charge in [-0.2, -0.15) is 13.2 Å². The third-order valence-corrected chi connectivity index (χ3v) is 7.03. The Bertz CT molecular complexity index is 860. The van der Waals surface area contributed by atoms with Crippen LogP contribution in [-0.2, 0) is 9.63 Å². The number of halogens is 3. The van der Waals surface area contributed by atoms with Crippen molar-refractivity contribution >= 4 is 17.8 Å². The Morgan fingerprint density at radius 2 is 1.54 bits per heavy atom. The van der Waals surface area contributed by atoms with Gasteiger partial charge in [0.05, 0.1) is 22.0 Å². The second-order valence-corrected chi connectivity index (χ2v) is 8.85. The van der Waals surface area contributed by atoms with Crippen LogP contribution in [0.3, 0.4) is 0 Å². The van der Waals surface area contributed by atoms with Gasteiger partial charge in [0.1, 0.15) is 0 Å². The van der Waals surface area contributed by atoms with Gasteiger partial charge in [-0.15, -0.1) is 0 Å². The van der Waals surface area contributed by atoms with Crippen LogP contribution in [0, 0.1) is 22.7 Å². The molecule has 6 rings (SSSR count). The van der Waals surface area contributed by atoms with E-state index in [1.165, 1.54) is 12.1 Å². The summed E-state index contributed by atoms with van der Waals surface area (Å²) in [7, 11) is 0. The van der Waals surface area contributed by atoms with Crippen molar-refractivity contribution in [2.45, 2.75) is 44.7 Å². The zero-order valence-corrected chi connectivity index (χ0v) is 14.9. The molecule has 4 fully saturated rings. The molecule has 2 amide bonds. The van der Waals surface area contributed by atoms with E-state index in [9.17, 15) is 27.6 Å². The Hall–Kier alpha value is -2.38. The lowest BCUT2D eigenvalue weighted by Gasteiger charge is -2.60. The maximum absolute atomic E-state index is 13.9. The fraction of sp³-hybridized carbons (Fsp3) is 0.550. The molecule has 0 N–H and O–H groups in total. The van der Waals surface area contributed by atoms with E-state index in [1.54, 1.807) is 12.1 Å². The molecule has 1 aromatic rings. The van der Waals surface area contributed by atoms with Crippen LogP contribution >= 0.6 is 0 Å². The lowest BCUT2D eigenvalue weighted by molar-refractivity contribution is -0.288. The molecule has 2 atom stereocenters. The van der Waals surface area contributed by atoms with Gasteiger partial charge in [-0.25, -0.2) is 4.79 Å². The number of imide groups is 1. The molecule has 4 bridgehead atoms. The summed E-state index contributed by atoms with van der Waals surface area (Å²) in [5, 5.41) is 0.409. The van der Waals surface area contributed by atoms with Gasteiger partial charge in [-0.05, 0) is 62.5 Å². The minimum atomic E-state index is -4.38. The number of hydrogen-bond acceptors (Lipinski definition) is 4. The summed E-state index contributed by atoms with van der Waals surface area (Å²) in [6, 6.07) is 6.07. The molecular weight excluding hydrogens is 375 g/mol. The zero-order valence-electron chi connectivity index (χ0n) is 14.9. The van der Waals surface area contributed by atoms with Gasteiger partial charge in [-0.1, -0.05) is 17.2 Å². The van der Waals surface area contributed by atoms with Gasteiger partial charge in [-0.3, -0.25) is 9.59 Å². The number of hydrogen-bond donors (Lipinski definition) is 0. The van der Waals surface area contributed by atoms with Crippen molar-refractivity contribution < 1.29 is 32.4 Å². The molecule has 5 aliphatic rings. The molecule has 0 saturated heterocycles. The highest BCUT2D eigenvalue weighted by atomic mass is 19.4. The number of alkyl halides is 3. The fourth-order valence-corrected chi connectivity index (χ4v) is 6.26. The molecule has 5 nitrogen and oxygen atoms in total. The lowest BCUT2D eigenvalue weighted by atomic mass is 9.44. The van der Waals surface area contributed by atoms with Gasteiger partial charge < -0.3 is 4.84 Å². The second kappa shape index (κ2) is 5.36. The smallest absolute Gasteiger partial charge is 0.329 e. The number of hydroxylamine groups is 2. The fourth-order valence-electron chi connectivity index (χ4n) is 6.26. The topological polar surface area (TPSA) is 63.7 Å². The molecule has 0 radical (unpaired) electrons. The van der Waals surface area contributed by atoms with Crippen molar-refractivity contribution in [3.63, 3.8) is 0 Å². The first-order valence-electron chi connectivity index (χ1n) is 9.41. The summed E-state index contributed by atoms with van der Waals surface area (Å²) in [5.74, 6) is -2.77. The monoisotopic (exact) mass is 393 g/mol. The number of amides is 2. The van der Waals surface area contributed by atoms with E-state index in [0.29, 0.717) is 24.3 Å². The van der Waals surface area contributed by atoms with E-state index in [2.05, 4.69) is 0 Å². The number of nitrogens with zero attached hydrogens (tertiary/aromatic N) is 1. The Kier molecular flexibility index (Phi) is 3.39. The first-order valence-corrected chi connectivity index (χ1v) is 9.41. The summed E-state index contributed by atoms with van der Waals surface area (Å²) >= 11 is 0. The quantitative estimate of drug-likeness (QED) is 0.715. The number of carbonyl (C=O) groups is 3. The number of carbonyl (C=O) groups excluding carboxylic acids is 3. The number of rotatable bonds is 2. The molecule has 0 aromatic heterocycles. The summed E-state index contributed by atoms with van der Waals surface area (Å²) in [6.45, 7) is 0. The zero-order chi connectivity index (χ0) is 19.9. The van der Waals surface area contributed by atoms with Crippen LogP contribution < -0.4 is 0 Å². The molecule has 1 aromatic carbocycles. The molecule has 2 unspecified atom stereocenters. The highest BCUT2D eigenvalue weighted by molar-refractivity contribution is 6.20. The Morgan fingerprint density at radius 3 is 2.04 bits per heavy atom. The predicted octanol–water partition coefficient (Wildman–Crippen LogP) is 3.89. The summed E-state index contributed by atoms with van der Waals surface area (Å²) in [6.07, 6.45) is -3.26. The van der Waals surface area contributed by atoms with Crippen molar-refractivity contribution in [3.8, 4) is 0 Å². The van der Waals surface area contributed by atoms with Gasteiger partial charge in [0.15, 0.2) is 0 Å². The first kappa shape index (κ1) is 17.7. The molecule has 1 aliphatic heterocycles. The Labute approximate surface area is 158 Å². The third kappa shape index (κ3) is 2.23. The number of fused-ring (bicyclic) bond motifs is 1. The summed E-state index contributed by atoms with van der Waals surface area (Å²) < 4.78 is 41.6. The average molecular weight is 393 g/mol. The first-order chi connectivity index (χ1) is 13.1. The van der Waals surface area contributed by atoms with Crippen LogP contribution in [-0.4, -0.2) is 29.0 Å². The Balaban J connectivity index is 1.44. The minimum Gasteiger partial charge on any atom is -0.329 e. The van der Waals surface area contributed by atoms with E-state index in [4.69, 9.17) is 4.84 Å². The molecule has 148 valence electrons. The average Bonchev–Trinajstić information content (AvgIpc) is 2.85. The van der Waals surface area contributed by atoms with Crippen molar-refractivity contribution in [1.82, 2.24) is 5.06 Å². The van der Waals surface area contributed by atoms with E-state index in [0.717, 1.165) is 0 Å². The van der Waals surface area contributed by atoms with E-state index < -0.39 is 34.8 Å². The van der Waals surface area contributed by atoms with Crippen LogP contribution in [0.5, 0.6) is 0 Å². The summed E-state index contributed by atoms with van der Waals surface area (Å²) in [5.41, 5.74) is -2.90. The van der Waals surface area contributed by atoms with E-state index in [-0.39, 0.29) is 42.2 Å². The van der Waals surface area contributed by atoms with E-state index in [1.807, 2.05) is 0 Å². The maximum atomic E-state index is 13.9. The molecule has 8 heteroatoms. The van der Waals surface area contributed by atoms with Crippen molar-refractivity contribution in [3.05, 3.63) is 35.4 Å². The van der Waals surface area contributed by atoms with Crippen molar-refractivity contribution in [2.24, 2.45) is 22.7 Å². The predicted molar refractivity (Wildman–Crippen MR) is 88.6 cm³/mol. The van der Waals surface area contributed by atoms with Gasteiger partial charge >= 0.3 is 12.1 Å². The van der Waals surface area contributed by atoms with Crippen molar-refractivity contribution in [1.29, 1.82) is 0 Å². The van der Waals surface area contributed by atoms with Gasteiger partial charge in [0.2, 0.25) is 0 Å². The van der Waals surface area contributed by atoms with Crippen LogP contribution in [0.4, 0.5) is 13.2 Å². The van der Waals surface area contributed by atoms with Gasteiger partial charge in [0, 0.05) is 0 Å². The van der Waals surface area contributed by atoms with Crippen LogP contribution in [0.25, 0.3) is 0 Å². The lowest BCUT2D eigenvalue weighted by Crippen LogP contribution is -2.60.